The van der Waals surface area contributed by atoms with Crippen molar-refractivity contribution in [2.45, 2.75) is 10.9 Å². The molecule has 3 aromatic rings. The quantitative estimate of drug-likeness (QED) is 0.445. The number of hydrogen-bond donors (Lipinski definition) is 0. The van der Waals surface area contributed by atoms with Crippen LogP contribution in [0.15, 0.2) is 78.0 Å². The van der Waals surface area contributed by atoms with E-state index in [1.54, 1.807) is 24.5 Å². The molecule has 2 aromatic carbocycles. The van der Waals surface area contributed by atoms with Crippen molar-refractivity contribution in [3.05, 3.63) is 93.3 Å². The number of benzene rings is 2. The average Bonchev–Trinajstić information content (AvgIpc) is 2.80. The van der Waals surface area contributed by atoms with E-state index in [0.29, 0.717) is 36.6 Å². The fourth-order valence-electron chi connectivity index (χ4n) is 4.16. The smallest absolute Gasteiger partial charge is 0.255 e. The Kier molecular flexibility index (Phi) is 6.92. The van der Waals surface area contributed by atoms with Crippen LogP contribution < -0.4 is 0 Å². The van der Waals surface area contributed by atoms with Gasteiger partial charge in [-0.15, -0.1) is 0 Å². The van der Waals surface area contributed by atoms with Gasteiger partial charge >= 0.3 is 0 Å². The number of piperazine rings is 1. The molecule has 0 aliphatic carbocycles. The topological polar surface area (TPSA) is 70.6 Å². The van der Waals surface area contributed by atoms with Gasteiger partial charge in [0.05, 0.1) is 16.5 Å². The van der Waals surface area contributed by atoms with E-state index in [9.17, 15) is 13.2 Å². The summed E-state index contributed by atoms with van der Waals surface area (Å²) in [6.07, 6.45) is 4.57. The number of rotatable bonds is 5. The summed E-state index contributed by atoms with van der Waals surface area (Å²) in [5.41, 5.74) is 2.39. The SMILES string of the molecule is CS(=O)(=O)c1ccccc1C(c1ccccc1)N1CCN(C(=O)c2cncc(I)c2)CC1. The van der Waals surface area contributed by atoms with Crippen molar-refractivity contribution in [2.75, 3.05) is 32.4 Å². The normalized spacial score (nSPS) is 16.0. The molecule has 0 N–H and O–H groups in total. The first kappa shape index (κ1) is 22.9. The number of carbonyl (C=O) groups is 1. The molecule has 2 heterocycles. The number of carbonyl (C=O) groups excluding carboxylic acids is 1. The van der Waals surface area contributed by atoms with Crippen molar-refractivity contribution < 1.29 is 13.2 Å². The lowest BCUT2D eigenvalue weighted by atomic mass is 9.96. The molecule has 1 aromatic heterocycles. The molecule has 0 saturated carbocycles. The van der Waals surface area contributed by atoms with E-state index >= 15 is 0 Å². The molecule has 1 atom stereocenters. The predicted molar refractivity (Wildman–Crippen MR) is 132 cm³/mol. The van der Waals surface area contributed by atoms with E-state index in [0.717, 1.165) is 14.7 Å². The van der Waals surface area contributed by atoms with Crippen LogP contribution in [0.25, 0.3) is 0 Å². The Morgan fingerprint density at radius 1 is 0.969 bits per heavy atom. The maximum Gasteiger partial charge on any atom is 0.255 e. The summed E-state index contributed by atoms with van der Waals surface area (Å²) in [5.74, 6) is -0.0246. The molecular formula is C24H24IN3O3S. The van der Waals surface area contributed by atoms with Gasteiger partial charge in [0.2, 0.25) is 0 Å². The highest BCUT2D eigenvalue weighted by Gasteiger charge is 2.31. The first-order valence-electron chi connectivity index (χ1n) is 10.3. The Bertz CT molecular complexity index is 1210. The molecule has 8 heteroatoms. The second-order valence-corrected chi connectivity index (χ2v) is 11.1. The molecule has 32 heavy (non-hydrogen) atoms. The van der Waals surface area contributed by atoms with Gasteiger partial charge in [-0.1, -0.05) is 48.5 Å². The van der Waals surface area contributed by atoms with Crippen LogP contribution >= 0.6 is 22.6 Å². The van der Waals surface area contributed by atoms with Crippen LogP contribution in [0, 0.1) is 3.57 Å². The third-order valence-electron chi connectivity index (χ3n) is 5.65. The van der Waals surface area contributed by atoms with E-state index in [2.05, 4.69) is 32.5 Å². The van der Waals surface area contributed by atoms with E-state index < -0.39 is 9.84 Å². The number of pyridine rings is 1. The minimum Gasteiger partial charge on any atom is -0.336 e. The summed E-state index contributed by atoms with van der Waals surface area (Å²) in [4.78, 5) is 21.5. The van der Waals surface area contributed by atoms with Gasteiger partial charge in [-0.05, 0) is 45.9 Å². The molecule has 0 bridgehead atoms. The lowest BCUT2D eigenvalue weighted by Crippen LogP contribution is -2.50. The molecular weight excluding hydrogens is 537 g/mol. The molecule has 1 aliphatic heterocycles. The van der Waals surface area contributed by atoms with Crippen LogP contribution in [0.1, 0.15) is 27.5 Å². The molecule has 1 fully saturated rings. The Labute approximate surface area is 202 Å². The van der Waals surface area contributed by atoms with Crippen molar-refractivity contribution in [3.8, 4) is 0 Å². The fourth-order valence-corrected chi connectivity index (χ4v) is 5.59. The van der Waals surface area contributed by atoms with E-state index in [-0.39, 0.29) is 11.9 Å². The van der Waals surface area contributed by atoms with Gasteiger partial charge in [0.25, 0.3) is 5.91 Å². The van der Waals surface area contributed by atoms with Gasteiger partial charge in [-0.3, -0.25) is 14.7 Å². The molecule has 1 amide bonds. The number of aromatic nitrogens is 1. The van der Waals surface area contributed by atoms with Crippen LogP contribution in [0.2, 0.25) is 0 Å². The zero-order valence-corrected chi connectivity index (χ0v) is 20.7. The Balaban J connectivity index is 1.62. The summed E-state index contributed by atoms with van der Waals surface area (Å²) in [6.45, 7) is 2.41. The maximum atomic E-state index is 12.9. The molecule has 1 aliphatic rings. The maximum absolute atomic E-state index is 12.9. The van der Waals surface area contributed by atoms with Gasteiger partial charge in [-0.2, -0.15) is 0 Å². The van der Waals surface area contributed by atoms with Gasteiger partial charge in [-0.25, -0.2) is 8.42 Å². The van der Waals surface area contributed by atoms with Crippen molar-refractivity contribution in [1.82, 2.24) is 14.8 Å². The Hall–Kier alpha value is -2.30. The highest BCUT2D eigenvalue weighted by atomic mass is 127. The summed E-state index contributed by atoms with van der Waals surface area (Å²) in [6, 6.07) is 18.8. The average molecular weight is 561 g/mol. The fraction of sp³-hybridized carbons (Fsp3) is 0.250. The monoisotopic (exact) mass is 561 g/mol. The molecule has 1 saturated heterocycles. The molecule has 4 rings (SSSR count). The first-order valence-corrected chi connectivity index (χ1v) is 13.3. The lowest BCUT2D eigenvalue weighted by molar-refractivity contribution is 0.0595. The van der Waals surface area contributed by atoms with E-state index in [1.165, 1.54) is 6.26 Å². The summed E-state index contributed by atoms with van der Waals surface area (Å²) in [7, 11) is -3.39. The third-order valence-corrected chi connectivity index (χ3v) is 7.41. The number of nitrogens with zero attached hydrogens (tertiary/aromatic N) is 3. The van der Waals surface area contributed by atoms with Gasteiger partial charge in [0, 0.05) is 48.4 Å². The molecule has 166 valence electrons. The minimum atomic E-state index is -3.39. The van der Waals surface area contributed by atoms with Crippen LogP contribution in [-0.2, 0) is 9.84 Å². The van der Waals surface area contributed by atoms with Crippen molar-refractivity contribution in [2.24, 2.45) is 0 Å². The van der Waals surface area contributed by atoms with Crippen molar-refractivity contribution >= 4 is 38.3 Å². The Morgan fingerprint density at radius 3 is 2.28 bits per heavy atom. The van der Waals surface area contributed by atoms with Crippen LogP contribution in [0.5, 0.6) is 0 Å². The number of amides is 1. The van der Waals surface area contributed by atoms with Gasteiger partial charge in [0.15, 0.2) is 9.84 Å². The Morgan fingerprint density at radius 2 is 1.62 bits per heavy atom. The zero-order valence-electron chi connectivity index (χ0n) is 17.7. The molecule has 0 spiro atoms. The molecule has 6 nitrogen and oxygen atoms in total. The largest absolute Gasteiger partial charge is 0.336 e. The minimum absolute atomic E-state index is 0.0246. The zero-order chi connectivity index (χ0) is 22.7. The second-order valence-electron chi connectivity index (χ2n) is 7.84. The number of sulfone groups is 1. The number of halogens is 1. The predicted octanol–water partition coefficient (Wildman–Crippen LogP) is 3.64. The van der Waals surface area contributed by atoms with Crippen molar-refractivity contribution in [1.29, 1.82) is 0 Å². The van der Waals surface area contributed by atoms with Gasteiger partial charge in [0.1, 0.15) is 0 Å². The lowest BCUT2D eigenvalue weighted by Gasteiger charge is -2.40. The molecule has 1 unspecified atom stereocenters. The van der Waals surface area contributed by atoms with Crippen LogP contribution in [-0.4, -0.2) is 61.5 Å². The summed E-state index contributed by atoms with van der Waals surface area (Å²) >= 11 is 2.15. The van der Waals surface area contributed by atoms with E-state index in [4.69, 9.17) is 0 Å². The summed E-state index contributed by atoms with van der Waals surface area (Å²) < 4.78 is 26.0. The van der Waals surface area contributed by atoms with Crippen LogP contribution in [0.3, 0.4) is 0 Å². The van der Waals surface area contributed by atoms with Crippen LogP contribution in [0.4, 0.5) is 0 Å². The van der Waals surface area contributed by atoms with Gasteiger partial charge < -0.3 is 4.90 Å². The van der Waals surface area contributed by atoms with Crippen molar-refractivity contribution in [3.63, 3.8) is 0 Å². The molecule has 0 radical (unpaired) electrons. The standard InChI is InChI=1S/C24H24IN3O3S/c1-32(30,31)22-10-6-5-9-21(22)23(18-7-3-2-4-8-18)27-11-13-28(14-12-27)24(29)19-15-20(25)17-26-16-19/h2-10,15-17,23H,11-14H2,1H3. The number of hydrogen-bond acceptors (Lipinski definition) is 5. The summed E-state index contributed by atoms with van der Waals surface area (Å²) in [5, 5.41) is 0. The second kappa shape index (κ2) is 9.68. The first-order chi connectivity index (χ1) is 15.3. The van der Waals surface area contributed by atoms with E-state index in [1.807, 2.05) is 53.4 Å². The highest BCUT2D eigenvalue weighted by Crippen LogP contribution is 2.33. The highest BCUT2D eigenvalue weighted by molar-refractivity contribution is 14.1. The third kappa shape index (κ3) is 5.02.